The summed E-state index contributed by atoms with van der Waals surface area (Å²) >= 11 is 0. The number of carbonyl (C=O) groups excluding carboxylic acids is 4. The van der Waals surface area contributed by atoms with E-state index in [9.17, 15) is 32.3 Å². The monoisotopic (exact) mass is 573 g/mol. The molecule has 2 aromatic rings. The van der Waals surface area contributed by atoms with Gasteiger partial charge in [0.1, 0.15) is 12.1 Å². The minimum absolute atomic E-state index is 0.00823. The molecule has 0 unspecified atom stereocenters. The van der Waals surface area contributed by atoms with E-state index in [2.05, 4.69) is 4.98 Å². The molecule has 2 atom stereocenters. The number of aryl methyl sites for hydroxylation is 1. The molecule has 4 rings (SSSR count). The van der Waals surface area contributed by atoms with Crippen molar-refractivity contribution in [1.82, 2.24) is 19.7 Å². The van der Waals surface area contributed by atoms with Gasteiger partial charge in [-0.25, -0.2) is 4.79 Å². The third kappa shape index (κ3) is 6.20. The fourth-order valence-electron chi connectivity index (χ4n) is 5.74. The predicted octanol–water partition coefficient (Wildman–Crippen LogP) is 3.18. The number of halogens is 3. The summed E-state index contributed by atoms with van der Waals surface area (Å²) < 4.78 is 40.1. The van der Waals surface area contributed by atoms with Gasteiger partial charge in [0.05, 0.1) is 17.9 Å². The summed E-state index contributed by atoms with van der Waals surface area (Å²) in [5, 5.41) is 0. The first-order valence-corrected chi connectivity index (χ1v) is 13.5. The van der Waals surface area contributed by atoms with Gasteiger partial charge in [-0.2, -0.15) is 13.2 Å². The van der Waals surface area contributed by atoms with E-state index in [0.717, 1.165) is 10.5 Å². The number of carbonyl (C=O) groups is 4. The lowest BCUT2D eigenvalue weighted by Gasteiger charge is -2.46. The lowest BCUT2D eigenvalue weighted by atomic mass is 9.74. The normalized spacial score (nSPS) is 20.3. The van der Waals surface area contributed by atoms with Gasteiger partial charge in [-0.05, 0) is 37.0 Å². The van der Waals surface area contributed by atoms with Crippen LogP contribution in [0.15, 0.2) is 54.7 Å². The molecule has 0 spiro atoms. The zero-order valence-corrected chi connectivity index (χ0v) is 23.1. The third-order valence-electron chi connectivity index (χ3n) is 8.12. The van der Waals surface area contributed by atoms with Crippen molar-refractivity contribution in [3.05, 3.63) is 66.0 Å². The number of benzene rings is 1. The standard InChI is InChI=1S/C29H34F3N5O4/c1-27(2,24(33)39)22(13-8-11-20-9-4-3-5-10-20)23(38)35-15-16-37-26(41)36(19-29(30,31)32)25(40)28(37,18-35)17-21-12-6-7-14-34-21/h3-7,9-10,12,14,22H,8,11,13,15-19H2,1-2H3,(H2,33,39)/t22-,28+/m0/s1. The second-order valence-corrected chi connectivity index (χ2v) is 11.2. The van der Waals surface area contributed by atoms with Gasteiger partial charge >= 0.3 is 12.2 Å². The van der Waals surface area contributed by atoms with Crippen LogP contribution in [0.3, 0.4) is 0 Å². The van der Waals surface area contributed by atoms with Crippen molar-refractivity contribution < 1.29 is 32.3 Å². The number of hydrogen-bond acceptors (Lipinski definition) is 5. The smallest absolute Gasteiger partial charge is 0.369 e. The van der Waals surface area contributed by atoms with Crippen LogP contribution in [0.5, 0.6) is 0 Å². The van der Waals surface area contributed by atoms with E-state index in [4.69, 9.17) is 5.73 Å². The molecular weight excluding hydrogens is 539 g/mol. The minimum Gasteiger partial charge on any atom is -0.369 e. The van der Waals surface area contributed by atoms with Crippen LogP contribution in [-0.2, 0) is 27.2 Å². The number of rotatable bonds is 10. The third-order valence-corrected chi connectivity index (χ3v) is 8.12. The molecule has 12 heteroatoms. The van der Waals surface area contributed by atoms with Gasteiger partial charge in [0, 0.05) is 31.4 Å². The molecule has 0 saturated carbocycles. The lowest BCUT2D eigenvalue weighted by molar-refractivity contribution is -0.158. The number of primary amides is 1. The number of fused-ring (bicyclic) bond motifs is 1. The zero-order valence-electron chi connectivity index (χ0n) is 23.1. The van der Waals surface area contributed by atoms with Crippen LogP contribution in [0.1, 0.15) is 37.9 Å². The highest BCUT2D eigenvalue weighted by Gasteiger charge is 2.62. The Kier molecular flexibility index (Phi) is 8.41. The van der Waals surface area contributed by atoms with Crippen molar-refractivity contribution in [2.45, 2.75) is 51.2 Å². The number of imide groups is 1. The molecule has 3 heterocycles. The number of aromatic nitrogens is 1. The predicted molar refractivity (Wildman–Crippen MR) is 143 cm³/mol. The quantitative estimate of drug-likeness (QED) is 0.439. The summed E-state index contributed by atoms with van der Waals surface area (Å²) in [5.74, 6) is -2.98. The summed E-state index contributed by atoms with van der Waals surface area (Å²) in [6, 6.07) is 13.5. The van der Waals surface area contributed by atoms with E-state index >= 15 is 0 Å². The van der Waals surface area contributed by atoms with E-state index in [-0.39, 0.29) is 31.0 Å². The Bertz CT molecular complexity index is 1290. The Morgan fingerprint density at radius 2 is 1.73 bits per heavy atom. The molecule has 0 aliphatic carbocycles. The highest BCUT2D eigenvalue weighted by atomic mass is 19.4. The summed E-state index contributed by atoms with van der Waals surface area (Å²) in [5.41, 5.74) is 4.16. The molecule has 0 radical (unpaired) electrons. The first-order chi connectivity index (χ1) is 19.3. The van der Waals surface area contributed by atoms with Gasteiger partial charge in [0.15, 0.2) is 0 Å². The molecular formula is C29H34F3N5O4. The minimum atomic E-state index is -4.79. The average molecular weight is 574 g/mol. The molecule has 5 amide bonds. The van der Waals surface area contributed by atoms with Crippen LogP contribution in [-0.4, -0.2) is 81.3 Å². The highest BCUT2D eigenvalue weighted by molar-refractivity contribution is 6.08. The molecule has 2 saturated heterocycles. The zero-order chi connectivity index (χ0) is 30.0. The number of amides is 5. The van der Waals surface area contributed by atoms with Gasteiger partial charge < -0.3 is 15.5 Å². The molecule has 0 bridgehead atoms. The van der Waals surface area contributed by atoms with E-state index in [0.29, 0.717) is 25.0 Å². The Hall–Kier alpha value is -3.96. The van der Waals surface area contributed by atoms with Crippen LogP contribution < -0.4 is 5.73 Å². The maximum atomic E-state index is 14.1. The molecule has 1 aromatic heterocycles. The second-order valence-electron chi connectivity index (χ2n) is 11.2. The summed E-state index contributed by atoms with van der Waals surface area (Å²) in [7, 11) is 0. The molecule has 9 nitrogen and oxygen atoms in total. The average Bonchev–Trinajstić information content (AvgIpc) is 3.11. The molecule has 1 aromatic carbocycles. The van der Waals surface area contributed by atoms with Crippen LogP contribution in [0.2, 0.25) is 0 Å². The van der Waals surface area contributed by atoms with Crippen molar-refractivity contribution in [2.75, 3.05) is 26.2 Å². The second kappa shape index (κ2) is 11.5. The maximum Gasteiger partial charge on any atom is 0.406 e. The molecule has 41 heavy (non-hydrogen) atoms. The molecule has 2 N–H and O–H groups in total. The number of alkyl halides is 3. The number of urea groups is 1. The number of piperazine rings is 1. The van der Waals surface area contributed by atoms with Gasteiger partial charge in [-0.3, -0.25) is 24.3 Å². The number of nitrogens with zero attached hydrogens (tertiary/aromatic N) is 4. The number of nitrogens with two attached hydrogens (primary N) is 1. The molecule has 2 fully saturated rings. The number of pyridine rings is 1. The lowest BCUT2D eigenvalue weighted by Crippen LogP contribution is -2.66. The molecule has 2 aliphatic heterocycles. The van der Waals surface area contributed by atoms with Crippen molar-refractivity contribution >= 4 is 23.8 Å². The Balaban J connectivity index is 1.64. The van der Waals surface area contributed by atoms with Crippen molar-refractivity contribution in [1.29, 1.82) is 0 Å². The Morgan fingerprint density at radius 3 is 2.34 bits per heavy atom. The SMILES string of the molecule is CC(C)(C(N)=O)[C@@H](CCCc1ccccc1)C(=O)N1CCN2C(=O)N(CC(F)(F)F)C(=O)[C@@]2(Cc2ccccn2)C1. The maximum absolute atomic E-state index is 14.1. The van der Waals surface area contributed by atoms with Crippen molar-refractivity contribution in [3.8, 4) is 0 Å². The largest absolute Gasteiger partial charge is 0.406 e. The van der Waals surface area contributed by atoms with Crippen LogP contribution in [0.4, 0.5) is 18.0 Å². The van der Waals surface area contributed by atoms with Gasteiger partial charge in [-0.1, -0.05) is 50.2 Å². The van der Waals surface area contributed by atoms with Crippen LogP contribution >= 0.6 is 0 Å². The Labute approximate surface area is 236 Å². The van der Waals surface area contributed by atoms with Crippen LogP contribution in [0, 0.1) is 11.3 Å². The topological polar surface area (TPSA) is 117 Å². The highest BCUT2D eigenvalue weighted by Crippen LogP contribution is 2.39. The fourth-order valence-corrected chi connectivity index (χ4v) is 5.74. The van der Waals surface area contributed by atoms with Gasteiger partial charge in [0.25, 0.3) is 5.91 Å². The van der Waals surface area contributed by atoms with E-state index < -0.39 is 53.3 Å². The first-order valence-electron chi connectivity index (χ1n) is 13.5. The van der Waals surface area contributed by atoms with Crippen LogP contribution in [0.25, 0.3) is 0 Å². The van der Waals surface area contributed by atoms with E-state index in [1.54, 1.807) is 32.0 Å². The fraction of sp³-hybridized carbons (Fsp3) is 0.483. The molecule has 220 valence electrons. The summed E-state index contributed by atoms with van der Waals surface area (Å²) in [6.45, 7) is 0.976. The summed E-state index contributed by atoms with van der Waals surface area (Å²) in [4.78, 5) is 60.2. The van der Waals surface area contributed by atoms with Gasteiger partial charge in [-0.15, -0.1) is 0 Å². The van der Waals surface area contributed by atoms with Crippen molar-refractivity contribution in [2.24, 2.45) is 17.1 Å². The first kappa shape index (κ1) is 30.0. The van der Waals surface area contributed by atoms with Gasteiger partial charge in [0.2, 0.25) is 11.8 Å². The summed E-state index contributed by atoms with van der Waals surface area (Å²) in [6.07, 6.45) is -1.92. The number of hydrogen-bond donors (Lipinski definition) is 1. The Morgan fingerprint density at radius 1 is 1.05 bits per heavy atom. The van der Waals surface area contributed by atoms with E-state index in [1.807, 2.05) is 30.3 Å². The molecule has 2 aliphatic rings. The van der Waals surface area contributed by atoms with E-state index in [1.165, 1.54) is 11.1 Å². The van der Waals surface area contributed by atoms with Crippen molar-refractivity contribution in [3.63, 3.8) is 0 Å².